The fraction of sp³-hybridized carbons (Fsp3) is 0.143. The van der Waals surface area contributed by atoms with E-state index in [1.807, 2.05) is 24.3 Å². The molecule has 2 rings (SSSR count). The highest BCUT2D eigenvalue weighted by Crippen LogP contribution is 2.32. The lowest BCUT2D eigenvalue weighted by molar-refractivity contribution is 0.412. The second kappa shape index (κ2) is 6.14. The van der Waals surface area contributed by atoms with Gasteiger partial charge in [0, 0.05) is 10.0 Å². The van der Waals surface area contributed by atoms with Crippen molar-refractivity contribution in [2.45, 2.75) is 6.04 Å². The van der Waals surface area contributed by atoms with Crippen molar-refractivity contribution in [3.05, 3.63) is 62.0 Å². The number of hydrogen-bond donors (Lipinski definition) is 1. The Morgan fingerprint density at radius 1 is 1.16 bits per heavy atom. The zero-order valence-electron chi connectivity index (χ0n) is 10.2. The number of benzene rings is 2. The van der Waals surface area contributed by atoms with Crippen LogP contribution < -0.4 is 10.5 Å². The maximum Gasteiger partial charge on any atom is 0.133 e. The summed E-state index contributed by atoms with van der Waals surface area (Å²) < 4.78 is 6.05. The number of halogens is 3. The molecule has 0 radical (unpaired) electrons. The van der Waals surface area contributed by atoms with E-state index in [1.54, 1.807) is 19.2 Å². The van der Waals surface area contributed by atoms with Crippen LogP contribution in [0, 0.1) is 0 Å². The third-order valence-electron chi connectivity index (χ3n) is 2.83. The molecule has 2 nitrogen and oxygen atoms in total. The molecule has 0 heterocycles. The summed E-state index contributed by atoms with van der Waals surface area (Å²) >= 11 is 15.5. The standard InChI is InChI=1S/C14H12BrCl2NO/c1-19-13-5-2-8(6-11(13)15)14(18)10-4-3-9(16)7-12(10)17/h2-7,14H,18H2,1H3. The summed E-state index contributed by atoms with van der Waals surface area (Å²) in [4.78, 5) is 0. The van der Waals surface area contributed by atoms with Crippen LogP contribution in [0.15, 0.2) is 40.9 Å². The minimum absolute atomic E-state index is 0.313. The van der Waals surface area contributed by atoms with Crippen LogP contribution in [-0.4, -0.2) is 7.11 Å². The molecule has 0 aromatic heterocycles. The Hall–Kier alpha value is -0.740. The van der Waals surface area contributed by atoms with Crippen LogP contribution in [0.2, 0.25) is 10.0 Å². The molecule has 0 aliphatic heterocycles. The zero-order valence-corrected chi connectivity index (χ0v) is 13.3. The Balaban J connectivity index is 2.38. The Morgan fingerprint density at radius 3 is 2.47 bits per heavy atom. The molecule has 0 amide bonds. The number of hydrogen-bond acceptors (Lipinski definition) is 2. The quantitative estimate of drug-likeness (QED) is 0.852. The van der Waals surface area contributed by atoms with E-state index in [1.165, 1.54) is 0 Å². The van der Waals surface area contributed by atoms with Gasteiger partial charge in [0.1, 0.15) is 5.75 Å². The van der Waals surface area contributed by atoms with Gasteiger partial charge in [-0.2, -0.15) is 0 Å². The monoisotopic (exact) mass is 359 g/mol. The van der Waals surface area contributed by atoms with E-state index in [9.17, 15) is 0 Å². The molecule has 0 spiro atoms. The lowest BCUT2D eigenvalue weighted by atomic mass is 9.99. The van der Waals surface area contributed by atoms with Crippen LogP contribution in [0.3, 0.4) is 0 Å². The summed E-state index contributed by atoms with van der Waals surface area (Å²) in [5.74, 6) is 0.762. The maximum atomic E-state index is 6.24. The molecule has 2 aromatic carbocycles. The summed E-state index contributed by atoms with van der Waals surface area (Å²) in [5.41, 5.74) is 8.02. The zero-order chi connectivity index (χ0) is 14.0. The van der Waals surface area contributed by atoms with Crippen LogP contribution in [0.4, 0.5) is 0 Å². The second-order valence-corrected chi connectivity index (χ2v) is 5.74. The van der Waals surface area contributed by atoms with Gasteiger partial charge in [-0.15, -0.1) is 0 Å². The van der Waals surface area contributed by atoms with E-state index in [0.717, 1.165) is 21.3 Å². The molecule has 0 fully saturated rings. The van der Waals surface area contributed by atoms with Crippen molar-refractivity contribution in [3.8, 4) is 5.75 Å². The predicted molar refractivity (Wildman–Crippen MR) is 83.2 cm³/mol. The van der Waals surface area contributed by atoms with Gasteiger partial charge in [-0.3, -0.25) is 0 Å². The van der Waals surface area contributed by atoms with Gasteiger partial charge in [-0.1, -0.05) is 35.3 Å². The Bertz CT molecular complexity index is 604. The molecule has 0 aliphatic rings. The lowest BCUT2D eigenvalue weighted by Crippen LogP contribution is -2.12. The first-order chi connectivity index (χ1) is 9.02. The smallest absolute Gasteiger partial charge is 0.133 e. The SMILES string of the molecule is COc1ccc(C(N)c2ccc(Cl)cc2Cl)cc1Br. The van der Waals surface area contributed by atoms with E-state index < -0.39 is 0 Å². The Labute approximate surface area is 130 Å². The van der Waals surface area contributed by atoms with Gasteiger partial charge in [0.15, 0.2) is 0 Å². The fourth-order valence-corrected chi connectivity index (χ4v) is 2.89. The van der Waals surface area contributed by atoms with Crippen LogP contribution in [0.25, 0.3) is 0 Å². The number of methoxy groups -OCH3 is 1. The van der Waals surface area contributed by atoms with Crippen molar-refractivity contribution in [2.75, 3.05) is 7.11 Å². The van der Waals surface area contributed by atoms with Crippen molar-refractivity contribution in [1.82, 2.24) is 0 Å². The highest BCUT2D eigenvalue weighted by atomic mass is 79.9. The largest absolute Gasteiger partial charge is 0.496 e. The van der Waals surface area contributed by atoms with Gasteiger partial charge in [-0.25, -0.2) is 0 Å². The molecule has 0 aliphatic carbocycles. The first-order valence-electron chi connectivity index (χ1n) is 5.57. The summed E-state index contributed by atoms with van der Waals surface area (Å²) in [5, 5.41) is 1.16. The molecule has 1 atom stereocenters. The highest BCUT2D eigenvalue weighted by molar-refractivity contribution is 9.10. The van der Waals surface area contributed by atoms with Gasteiger partial charge < -0.3 is 10.5 Å². The van der Waals surface area contributed by atoms with Crippen molar-refractivity contribution < 1.29 is 4.74 Å². The van der Waals surface area contributed by atoms with E-state index in [0.29, 0.717) is 10.0 Å². The molecule has 0 saturated heterocycles. The molecule has 100 valence electrons. The lowest BCUT2D eigenvalue weighted by Gasteiger charge is -2.15. The van der Waals surface area contributed by atoms with Crippen molar-refractivity contribution >= 4 is 39.1 Å². The first kappa shape index (κ1) is 14.7. The van der Waals surface area contributed by atoms with Crippen molar-refractivity contribution in [2.24, 2.45) is 5.73 Å². The van der Waals surface area contributed by atoms with Crippen LogP contribution in [-0.2, 0) is 0 Å². The average Bonchev–Trinajstić information content (AvgIpc) is 2.38. The van der Waals surface area contributed by atoms with E-state index in [2.05, 4.69) is 15.9 Å². The van der Waals surface area contributed by atoms with Gasteiger partial charge in [0.05, 0.1) is 17.6 Å². The third-order valence-corrected chi connectivity index (χ3v) is 4.01. The average molecular weight is 361 g/mol. The number of ether oxygens (including phenoxy) is 1. The molecule has 5 heteroatoms. The molecule has 2 aromatic rings. The van der Waals surface area contributed by atoms with Crippen LogP contribution in [0.5, 0.6) is 5.75 Å². The van der Waals surface area contributed by atoms with E-state index >= 15 is 0 Å². The van der Waals surface area contributed by atoms with E-state index in [-0.39, 0.29) is 6.04 Å². The summed E-state index contributed by atoms with van der Waals surface area (Å²) in [6, 6.07) is 10.7. The predicted octanol–water partition coefficient (Wildman–Crippen LogP) is 4.81. The normalized spacial score (nSPS) is 12.3. The fourth-order valence-electron chi connectivity index (χ4n) is 1.81. The summed E-state index contributed by atoms with van der Waals surface area (Å²) in [6.45, 7) is 0. The topological polar surface area (TPSA) is 35.2 Å². The van der Waals surface area contributed by atoms with Crippen LogP contribution >= 0.6 is 39.1 Å². The number of rotatable bonds is 3. The third kappa shape index (κ3) is 3.23. The highest BCUT2D eigenvalue weighted by Gasteiger charge is 2.14. The van der Waals surface area contributed by atoms with Gasteiger partial charge in [0.25, 0.3) is 0 Å². The maximum absolute atomic E-state index is 6.24. The minimum Gasteiger partial charge on any atom is -0.496 e. The van der Waals surface area contributed by atoms with E-state index in [4.69, 9.17) is 33.7 Å². The molecule has 2 N–H and O–H groups in total. The summed E-state index contributed by atoms with van der Waals surface area (Å²) in [7, 11) is 1.62. The molecule has 0 bridgehead atoms. The first-order valence-corrected chi connectivity index (χ1v) is 7.11. The van der Waals surface area contributed by atoms with Gasteiger partial charge in [-0.05, 0) is 51.3 Å². The molecular weight excluding hydrogens is 349 g/mol. The number of nitrogens with two attached hydrogens (primary N) is 1. The van der Waals surface area contributed by atoms with Crippen LogP contribution in [0.1, 0.15) is 17.2 Å². The minimum atomic E-state index is -0.313. The Morgan fingerprint density at radius 2 is 1.89 bits per heavy atom. The summed E-state index contributed by atoms with van der Waals surface area (Å²) in [6.07, 6.45) is 0. The Kier molecular flexibility index (Phi) is 4.74. The molecule has 1 unspecified atom stereocenters. The van der Waals surface area contributed by atoms with Gasteiger partial charge >= 0.3 is 0 Å². The van der Waals surface area contributed by atoms with Crippen molar-refractivity contribution in [3.63, 3.8) is 0 Å². The van der Waals surface area contributed by atoms with Gasteiger partial charge in [0.2, 0.25) is 0 Å². The second-order valence-electron chi connectivity index (χ2n) is 4.04. The molecule has 0 saturated carbocycles. The molecule has 19 heavy (non-hydrogen) atoms. The van der Waals surface area contributed by atoms with Crippen molar-refractivity contribution in [1.29, 1.82) is 0 Å². The molecular formula is C14H12BrCl2NO.